The second kappa shape index (κ2) is 6.07. The van der Waals surface area contributed by atoms with Crippen molar-refractivity contribution in [1.29, 1.82) is 0 Å². The summed E-state index contributed by atoms with van der Waals surface area (Å²) in [5, 5.41) is 3.33. The molecular formula is C15H23FN2. The third kappa shape index (κ3) is 2.95. The first kappa shape index (κ1) is 13.2. The van der Waals surface area contributed by atoms with Crippen LogP contribution in [-0.2, 0) is 0 Å². The van der Waals surface area contributed by atoms with Gasteiger partial charge in [-0.3, -0.25) is 0 Å². The van der Waals surface area contributed by atoms with E-state index < -0.39 is 0 Å². The summed E-state index contributed by atoms with van der Waals surface area (Å²) in [6.45, 7) is 2.16. The summed E-state index contributed by atoms with van der Waals surface area (Å²) in [6.07, 6.45) is 7.46. The maximum atomic E-state index is 13.8. The van der Waals surface area contributed by atoms with Crippen molar-refractivity contribution in [3.63, 3.8) is 0 Å². The highest BCUT2D eigenvalue weighted by molar-refractivity contribution is 5.66. The molecule has 1 aliphatic carbocycles. The highest BCUT2D eigenvalue weighted by atomic mass is 19.1. The van der Waals surface area contributed by atoms with Gasteiger partial charge in [-0.05, 0) is 37.3 Å². The fourth-order valence-electron chi connectivity index (χ4n) is 2.97. The number of para-hydroxylation sites is 1. The van der Waals surface area contributed by atoms with Crippen molar-refractivity contribution < 1.29 is 4.39 Å². The third-order valence-electron chi connectivity index (χ3n) is 4.03. The van der Waals surface area contributed by atoms with Gasteiger partial charge in [0.15, 0.2) is 0 Å². The van der Waals surface area contributed by atoms with Crippen LogP contribution >= 0.6 is 0 Å². The van der Waals surface area contributed by atoms with Crippen LogP contribution in [-0.4, -0.2) is 6.04 Å². The van der Waals surface area contributed by atoms with Crippen LogP contribution < -0.4 is 11.1 Å². The molecule has 100 valence electrons. The van der Waals surface area contributed by atoms with E-state index in [-0.39, 0.29) is 5.82 Å². The molecule has 3 heteroatoms. The number of anilines is 2. The Morgan fingerprint density at radius 2 is 2.06 bits per heavy atom. The molecule has 0 spiro atoms. The van der Waals surface area contributed by atoms with Crippen molar-refractivity contribution in [3.8, 4) is 0 Å². The van der Waals surface area contributed by atoms with Crippen LogP contribution in [0.2, 0.25) is 0 Å². The van der Waals surface area contributed by atoms with E-state index in [0.717, 1.165) is 6.42 Å². The van der Waals surface area contributed by atoms with Crippen LogP contribution in [0.5, 0.6) is 0 Å². The van der Waals surface area contributed by atoms with Gasteiger partial charge in [-0.1, -0.05) is 32.3 Å². The van der Waals surface area contributed by atoms with Crippen molar-refractivity contribution in [3.05, 3.63) is 24.0 Å². The lowest BCUT2D eigenvalue weighted by Crippen LogP contribution is -2.30. The van der Waals surface area contributed by atoms with Crippen molar-refractivity contribution in [2.24, 2.45) is 5.92 Å². The zero-order chi connectivity index (χ0) is 13.0. The molecular weight excluding hydrogens is 227 g/mol. The number of nitrogens with two attached hydrogens (primary N) is 1. The molecule has 18 heavy (non-hydrogen) atoms. The molecule has 2 nitrogen and oxygen atoms in total. The highest BCUT2D eigenvalue weighted by Gasteiger charge is 2.23. The zero-order valence-electron chi connectivity index (χ0n) is 11.1. The van der Waals surface area contributed by atoms with E-state index in [0.29, 0.717) is 23.3 Å². The van der Waals surface area contributed by atoms with Crippen LogP contribution in [0.15, 0.2) is 18.2 Å². The lowest BCUT2D eigenvalue weighted by atomic mass is 9.83. The Hall–Kier alpha value is -1.25. The smallest absolute Gasteiger partial charge is 0.148 e. The normalized spacial score (nSPS) is 18.6. The van der Waals surface area contributed by atoms with Crippen LogP contribution in [0.4, 0.5) is 15.8 Å². The van der Waals surface area contributed by atoms with E-state index in [1.165, 1.54) is 38.2 Å². The largest absolute Gasteiger partial charge is 0.397 e. The maximum absolute atomic E-state index is 13.8. The maximum Gasteiger partial charge on any atom is 0.148 e. The van der Waals surface area contributed by atoms with Gasteiger partial charge in [0, 0.05) is 6.04 Å². The van der Waals surface area contributed by atoms with Gasteiger partial charge in [-0.15, -0.1) is 0 Å². The van der Waals surface area contributed by atoms with E-state index in [1.54, 1.807) is 12.1 Å². The Labute approximate surface area is 109 Å². The Morgan fingerprint density at radius 3 is 2.67 bits per heavy atom. The molecule has 1 saturated carbocycles. The minimum atomic E-state index is -0.246. The van der Waals surface area contributed by atoms with Crippen LogP contribution in [0.3, 0.4) is 0 Å². The molecule has 0 heterocycles. The molecule has 1 aromatic carbocycles. The topological polar surface area (TPSA) is 38.0 Å². The van der Waals surface area contributed by atoms with Gasteiger partial charge in [0.1, 0.15) is 5.82 Å². The van der Waals surface area contributed by atoms with Crippen LogP contribution in [0.25, 0.3) is 0 Å². The molecule has 1 fully saturated rings. The molecule has 1 aromatic rings. The average molecular weight is 250 g/mol. The van der Waals surface area contributed by atoms with Gasteiger partial charge in [0.05, 0.1) is 11.4 Å². The molecule has 1 atom stereocenters. The fraction of sp³-hybridized carbons (Fsp3) is 0.600. The summed E-state index contributed by atoms with van der Waals surface area (Å²) in [7, 11) is 0. The Kier molecular flexibility index (Phi) is 4.45. The SMILES string of the molecule is CCC(Nc1c(N)cccc1F)C1CCCCC1. The van der Waals surface area contributed by atoms with Gasteiger partial charge in [-0.2, -0.15) is 0 Å². The molecule has 1 aliphatic rings. The molecule has 0 aliphatic heterocycles. The molecule has 0 amide bonds. The van der Waals surface area contributed by atoms with E-state index in [4.69, 9.17) is 5.73 Å². The average Bonchev–Trinajstić information content (AvgIpc) is 2.40. The first-order chi connectivity index (χ1) is 8.72. The number of nitrogens with one attached hydrogen (secondary N) is 1. The third-order valence-corrected chi connectivity index (χ3v) is 4.03. The molecule has 1 unspecified atom stereocenters. The van der Waals surface area contributed by atoms with E-state index >= 15 is 0 Å². The van der Waals surface area contributed by atoms with Gasteiger partial charge >= 0.3 is 0 Å². The number of benzene rings is 1. The first-order valence-corrected chi connectivity index (χ1v) is 7.03. The fourth-order valence-corrected chi connectivity index (χ4v) is 2.97. The summed E-state index contributed by atoms with van der Waals surface area (Å²) in [4.78, 5) is 0. The van der Waals surface area contributed by atoms with Crippen LogP contribution in [0, 0.1) is 11.7 Å². The summed E-state index contributed by atoms with van der Waals surface area (Å²) < 4.78 is 13.8. The summed E-state index contributed by atoms with van der Waals surface area (Å²) in [6, 6.07) is 5.20. The van der Waals surface area contributed by atoms with E-state index in [2.05, 4.69) is 12.2 Å². The van der Waals surface area contributed by atoms with Crippen molar-refractivity contribution in [2.45, 2.75) is 51.5 Å². The van der Waals surface area contributed by atoms with Gasteiger partial charge in [0.2, 0.25) is 0 Å². The highest BCUT2D eigenvalue weighted by Crippen LogP contribution is 2.31. The predicted octanol–water partition coefficient (Wildman–Crippen LogP) is 4.18. The number of rotatable bonds is 4. The number of hydrogen-bond acceptors (Lipinski definition) is 2. The Morgan fingerprint density at radius 1 is 1.33 bits per heavy atom. The lowest BCUT2D eigenvalue weighted by Gasteiger charge is -2.31. The van der Waals surface area contributed by atoms with Crippen molar-refractivity contribution in [1.82, 2.24) is 0 Å². The quantitative estimate of drug-likeness (QED) is 0.787. The predicted molar refractivity (Wildman–Crippen MR) is 75.1 cm³/mol. The second-order valence-electron chi connectivity index (χ2n) is 5.26. The monoisotopic (exact) mass is 250 g/mol. The number of nitrogen functional groups attached to an aromatic ring is 1. The van der Waals surface area contributed by atoms with E-state index in [1.807, 2.05) is 0 Å². The molecule has 0 saturated heterocycles. The molecule has 0 radical (unpaired) electrons. The standard InChI is InChI=1S/C15H23FN2/c1-2-14(11-7-4-3-5-8-11)18-15-12(16)9-6-10-13(15)17/h6,9-11,14,18H,2-5,7-8,17H2,1H3. The van der Waals surface area contributed by atoms with Gasteiger partial charge in [-0.25, -0.2) is 4.39 Å². The minimum Gasteiger partial charge on any atom is -0.397 e. The molecule has 2 rings (SSSR count). The zero-order valence-corrected chi connectivity index (χ0v) is 11.1. The number of halogens is 1. The Bertz CT molecular complexity index is 366. The minimum absolute atomic E-state index is 0.246. The lowest BCUT2D eigenvalue weighted by molar-refractivity contribution is 0.312. The van der Waals surface area contributed by atoms with Crippen molar-refractivity contribution in [2.75, 3.05) is 11.1 Å². The summed E-state index contributed by atoms with van der Waals surface area (Å²) in [5.74, 6) is 0.409. The number of hydrogen-bond donors (Lipinski definition) is 2. The molecule has 0 aromatic heterocycles. The Balaban J connectivity index is 2.09. The molecule has 3 N–H and O–H groups in total. The first-order valence-electron chi connectivity index (χ1n) is 7.03. The van der Waals surface area contributed by atoms with E-state index in [9.17, 15) is 4.39 Å². The second-order valence-corrected chi connectivity index (χ2v) is 5.26. The van der Waals surface area contributed by atoms with Crippen LogP contribution in [0.1, 0.15) is 45.4 Å². The van der Waals surface area contributed by atoms with Gasteiger partial charge in [0.25, 0.3) is 0 Å². The van der Waals surface area contributed by atoms with Gasteiger partial charge < -0.3 is 11.1 Å². The molecule has 0 bridgehead atoms. The summed E-state index contributed by atoms with van der Waals surface area (Å²) >= 11 is 0. The van der Waals surface area contributed by atoms with Crippen molar-refractivity contribution >= 4 is 11.4 Å². The summed E-state index contributed by atoms with van der Waals surface area (Å²) in [5.41, 5.74) is 6.84.